The summed E-state index contributed by atoms with van der Waals surface area (Å²) in [6.07, 6.45) is 0. The van der Waals surface area contributed by atoms with E-state index >= 15 is 0 Å². The van der Waals surface area contributed by atoms with Crippen LogP contribution in [0.25, 0.3) is 0 Å². The van der Waals surface area contributed by atoms with E-state index in [0.717, 1.165) is 0 Å². The molecule has 0 bridgehead atoms. The summed E-state index contributed by atoms with van der Waals surface area (Å²) in [6, 6.07) is 0. The molecule has 1 aliphatic rings. The second kappa shape index (κ2) is 2.69. The number of rotatable bonds is 0. The zero-order valence-electron chi connectivity index (χ0n) is 6.75. The molecule has 0 aromatic heterocycles. The van der Waals surface area contributed by atoms with Gasteiger partial charge in [-0.05, 0) is 0 Å². The number of nitrogens with one attached hydrogen (secondary N) is 1. The van der Waals surface area contributed by atoms with Gasteiger partial charge in [-0.3, -0.25) is 9.79 Å². The number of hydrogen-bond donors (Lipinski definition) is 1. The van der Waals surface area contributed by atoms with Crippen LogP contribution < -0.4 is 5.32 Å². The maximum atomic E-state index is 11.1. The summed E-state index contributed by atoms with van der Waals surface area (Å²) >= 11 is 0. The lowest BCUT2D eigenvalue weighted by molar-refractivity contribution is -0.122. The van der Waals surface area contributed by atoms with E-state index in [9.17, 15) is 4.79 Å². The van der Waals surface area contributed by atoms with Gasteiger partial charge in [0.25, 0.3) is 5.91 Å². The van der Waals surface area contributed by atoms with Gasteiger partial charge in [0.15, 0.2) is 11.5 Å². The SMILES string of the molecule is C/N=C1/C(=O)N(C)N=C1NC. The van der Waals surface area contributed by atoms with Gasteiger partial charge >= 0.3 is 0 Å². The minimum atomic E-state index is -0.170. The van der Waals surface area contributed by atoms with Crippen molar-refractivity contribution >= 4 is 17.5 Å². The molecular weight excluding hydrogens is 144 g/mol. The van der Waals surface area contributed by atoms with Crippen molar-refractivity contribution in [2.24, 2.45) is 10.1 Å². The van der Waals surface area contributed by atoms with E-state index in [1.165, 1.54) is 5.01 Å². The molecule has 11 heavy (non-hydrogen) atoms. The Balaban J connectivity index is 2.97. The van der Waals surface area contributed by atoms with Crippen LogP contribution in [0.5, 0.6) is 0 Å². The lowest BCUT2D eigenvalue weighted by Gasteiger charge is -1.98. The number of hydrogen-bond acceptors (Lipinski definition) is 4. The minimum absolute atomic E-state index is 0.170. The highest BCUT2D eigenvalue weighted by molar-refractivity contribution is 6.68. The van der Waals surface area contributed by atoms with Crippen LogP contribution in [0.2, 0.25) is 0 Å². The Morgan fingerprint density at radius 2 is 2.27 bits per heavy atom. The Morgan fingerprint density at radius 3 is 2.64 bits per heavy atom. The van der Waals surface area contributed by atoms with Crippen molar-refractivity contribution in [1.29, 1.82) is 0 Å². The third-order valence-corrected chi connectivity index (χ3v) is 1.43. The molecule has 0 aromatic rings. The molecule has 0 saturated heterocycles. The highest BCUT2D eigenvalue weighted by Gasteiger charge is 2.27. The Labute approximate surface area is 64.8 Å². The van der Waals surface area contributed by atoms with Crippen LogP contribution in [0, 0.1) is 0 Å². The number of nitrogens with zero attached hydrogens (tertiary/aromatic N) is 3. The van der Waals surface area contributed by atoms with Gasteiger partial charge in [0.1, 0.15) is 0 Å². The zero-order valence-corrected chi connectivity index (χ0v) is 6.75. The second-order valence-corrected chi connectivity index (χ2v) is 2.10. The fraction of sp³-hybridized carbons (Fsp3) is 0.500. The molecule has 0 radical (unpaired) electrons. The summed E-state index contributed by atoms with van der Waals surface area (Å²) in [7, 11) is 4.87. The van der Waals surface area contributed by atoms with Gasteiger partial charge in [0.2, 0.25) is 0 Å². The summed E-state index contributed by atoms with van der Waals surface area (Å²) in [5.41, 5.74) is 0.384. The standard InChI is InChI=1S/C6H10N4O/c1-7-4-5(8-2)9-10(3)6(4)11/h1-3H3,(H,8,9)/b7-4+. The second-order valence-electron chi connectivity index (χ2n) is 2.10. The molecule has 1 aliphatic heterocycles. The predicted octanol–water partition coefficient (Wildman–Crippen LogP) is -0.938. The van der Waals surface area contributed by atoms with Crippen molar-refractivity contribution in [3.63, 3.8) is 0 Å². The Kier molecular flexibility index (Phi) is 1.89. The number of aliphatic imine (C=N–C) groups is 1. The summed E-state index contributed by atoms with van der Waals surface area (Å²) in [6.45, 7) is 0. The van der Waals surface area contributed by atoms with E-state index in [-0.39, 0.29) is 5.91 Å². The van der Waals surface area contributed by atoms with Crippen molar-refractivity contribution in [1.82, 2.24) is 10.3 Å². The van der Waals surface area contributed by atoms with Gasteiger partial charge in [-0.2, -0.15) is 0 Å². The van der Waals surface area contributed by atoms with Crippen LogP contribution in [-0.2, 0) is 4.79 Å². The molecule has 0 aliphatic carbocycles. The van der Waals surface area contributed by atoms with E-state index in [4.69, 9.17) is 0 Å². The van der Waals surface area contributed by atoms with Crippen LogP contribution >= 0.6 is 0 Å². The van der Waals surface area contributed by atoms with Gasteiger partial charge in [0, 0.05) is 21.1 Å². The van der Waals surface area contributed by atoms with Crippen LogP contribution in [0.1, 0.15) is 0 Å². The van der Waals surface area contributed by atoms with Gasteiger partial charge < -0.3 is 5.32 Å². The highest BCUT2D eigenvalue weighted by atomic mass is 16.2. The molecule has 1 amide bonds. The van der Waals surface area contributed by atoms with Crippen LogP contribution in [0.4, 0.5) is 0 Å². The van der Waals surface area contributed by atoms with Gasteiger partial charge in [-0.25, -0.2) is 5.01 Å². The first-order chi connectivity index (χ1) is 5.20. The van der Waals surface area contributed by atoms with Crippen molar-refractivity contribution in [2.45, 2.75) is 0 Å². The van der Waals surface area contributed by atoms with Crippen molar-refractivity contribution < 1.29 is 4.79 Å². The summed E-state index contributed by atoms with van der Waals surface area (Å²) < 4.78 is 0. The van der Waals surface area contributed by atoms with Gasteiger partial charge in [-0.1, -0.05) is 0 Å². The van der Waals surface area contributed by atoms with Crippen molar-refractivity contribution in [3.8, 4) is 0 Å². The van der Waals surface area contributed by atoms with E-state index in [1.54, 1.807) is 21.1 Å². The largest absolute Gasteiger partial charge is 0.370 e. The van der Waals surface area contributed by atoms with Gasteiger partial charge in [-0.15, -0.1) is 5.10 Å². The monoisotopic (exact) mass is 154 g/mol. The Bertz CT molecular complexity index is 243. The lowest BCUT2D eigenvalue weighted by atomic mass is 10.3. The third kappa shape index (κ3) is 1.09. The molecule has 0 unspecified atom stereocenters. The molecule has 0 fully saturated rings. The topological polar surface area (TPSA) is 57.1 Å². The van der Waals surface area contributed by atoms with E-state index in [2.05, 4.69) is 15.4 Å². The van der Waals surface area contributed by atoms with Crippen molar-refractivity contribution in [2.75, 3.05) is 21.1 Å². The summed E-state index contributed by atoms with van der Waals surface area (Å²) in [5.74, 6) is 0.358. The number of amides is 1. The van der Waals surface area contributed by atoms with Crippen LogP contribution in [-0.4, -0.2) is 43.6 Å². The molecule has 0 saturated carbocycles. The minimum Gasteiger partial charge on any atom is -0.370 e. The Morgan fingerprint density at radius 1 is 1.64 bits per heavy atom. The first kappa shape index (κ1) is 7.71. The zero-order chi connectivity index (χ0) is 8.43. The smallest absolute Gasteiger partial charge is 0.295 e. The van der Waals surface area contributed by atoms with Crippen LogP contribution in [0.15, 0.2) is 10.1 Å². The molecule has 0 atom stereocenters. The third-order valence-electron chi connectivity index (χ3n) is 1.43. The fourth-order valence-corrected chi connectivity index (χ4v) is 0.867. The molecule has 1 rings (SSSR count). The van der Waals surface area contributed by atoms with Crippen molar-refractivity contribution in [3.05, 3.63) is 0 Å². The van der Waals surface area contributed by atoms with Crippen LogP contribution in [0.3, 0.4) is 0 Å². The number of carbonyl (C=O) groups excluding carboxylic acids is 1. The first-order valence-electron chi connectivity index (χ1n) is 3.22. The molecule has 0 spiro atoms. The fourth-order valence-electron chi connectivity index (χ4n) is 0.867. The molecule has 60 valence electrons. The average molecular weight is 154 g/mol. The predicted molar refractivity (Wildman–Crippen MR) is 42.6 cm³/mol. The molecule has 1 N–H and O–H groups in total. The summed E-state index contributed by atoms with van der Waals surface area (Å²) in [5, 5.41) is 7.94. The number of amidine groups is 1. The van der Waals surface area contributed by atoms with E-state index < -0.39 is 0 Å². The van der Waals surface area contributed by atoms with E-state index in [0.29, 0.717) is 11.5 Å². The van der Waals surface area contributed by atoms with E-state index in [1.807, 2.05) is 0 Å². The molecule has 5 nitrogen and oxygen atoms in total. The molecule has 5 heteroatoms. The lowest BCUT2D eigenvalue weighted by Crippen LogP contribution is -2.30. The molecular formula is C6H10N4O. The first-order valence-corrected chi connectivity index (χ1v) is 3.22. The number of hydrazone groups is 1. The molecule has 1 heterocycles. The number of carbonyl (C=O) groups is 1. The Hall–Kier alpha value is -1.39. The van der Waals surface area contributed by atoms with Gasteiger partial charge in [0.05, 0.1) is 0 Å². The summed E-state index contributed by atoms with van der Waals surface area (Å²) in [4.78, 5) is 14.9. The highest BCUT2D eigenvalue weighted by Crippen LogP contribution is 2.00. The maximum Gasteiger partial charge on any atom is 0.295 e. The normalized spacial score (nSPS) is 21.0. The quantitative estimate of drug-likeness (QED) is 0.489. The maximum absolute atomic E-state index is 11.1. The average Bonchev–Trinajstić information content (AvgIpc) is 2.28. The molecule has 0 aromatic carbocycles.